The summed E-state index contributed by atoms with van der Waals surface area (Å²) < 4.78 is 42.6. The molecule has 0 fully saturated rings. The Bertz CT molecular complexity index is 817. The van der Waals surface area contributed by atoms with Crippen LogP contribution in [0.3, 0.4) is 0 Å². The molecule has 0 atom stereocenters. The number of thioether (sulfide) groups is 1. The fourth-order valence-electron chi connectivity index (χ4n) is 1.81. The summed E-state index contributed by atoms with van der Waals surface area (Å²) in [7, 11) is 1.89. The van der Waals surface area contributed by atoms with Gasteiger partial charge in [-0.25, -0.2) is 9.98 Å². The summed E-state index contributed by atoms with van der Waals surface area (Å²) in [5, 5.41) is 0.370. The Balaban J connectivity index is 2.15. The van der Waals surface area contributed by atoms with Gasteiger partial charge >= 0.3 is 6.18 Å². The molecule has 1 aromatic carbocycles. The summed E-state index contributed by atoms with van der Waals surface area (Å²) in [5.41, 5.74) is 1.35. The van der Waals surface area contributed by atoms with Crippen LogP contribution in [0.2, 0.25) is 5.02 Å². The molecule has 5 nitrogen and oxygen atoms in total. The van der Waals surface area contributed by atoms with Gasteiger partial charge in [0.1, 0.15) is 5.75 Å². The molecule has 0 amide bonds. The summed E-state index contributed by atoms with van der Waals surface area (Å²) in [6.07, 6.45) is -1.27. The summed E-state index contributed by atoms with van der Waals surface area (Å²) in [5.74, 6) is -0.496. The normalized spacial score (nSPS) is 11.8. The van der Waals surface area contributed by atoms with Crippen molar-refractivity contribution in [2.24, 2.45) is 4.99 Å². The molecule has 2 rings (SSSR count). The number of hydrogen-bond donors (Lipinski definition) is 0. The lowest BCUT2D eigenvalue weighted by Gasteiger charge is -2.12. The molecular formula is C17H18ClF3N4OS. The van der Waals surface area contributed by atoms with Crippen molar-refractivity contribution in [1.29, 1.82) is 0 Å². The third-order valence-electron chi connectivity index (χ3n) is 3.32. The number of aromatic nitrogens is 2. The second-order valence-corrected chi connectivity index (χ2v) is 6.92. The molecule has 0 saturated heterocycles. The first-order valence-electron chi connectivity index (χ1n) is 7.93. The van der Waals surface area contributed by atoms with E-state index in [-0.39, 0.29) is 11.0 Å². The molecule has 0 aliphatic heterocycles. The van der Waals surface area contributed by atoms with E-state index in [9.17, 15) is 13.2 Å². The number of benzene rings is 1. The van der Waals surface area contributed by atoms with E-state index in [1.165, 1.54) is 12.3 Å². The van der Waals surface area contributed by atoms with Crippen molar-refractivity contribution in [2.45, 2.75) is 25.2 Å². The minimum atomic E-state index is -4.29. The highest BCUT2D eigenvalue weighted by molar-refractivity contribution is 7.99. The molecule has 0 saturated carbocycles. The molecule has 0 unspecified atom stereocenters. The Morgan fingerprint density at radius 1 is 1.37 bits per heavy atom. The molecule has 0 aliphatic rings. The number of alkyl halides is 3. The van der Waals surface area contributed by atoms with E-state index in [1.54, 1.807) is 18.5 Å². The van der Waals surface area contributed by atoms with E-state index in [0.29, 0.717) is 28.2 Å². The second kappa shape index (κ2) is 9.27. The van der Waals surface area contributed by atoms with Crippen LogP contribution < -0.4 is 4.74 Å². The second-order valence-electron chi connectivity index (χ2n) is 5.57. The lowest BCUT2D eigenvalue weighted by atomic mass is 10.2. The Morgan fingerprint density at radius 2 is 2.11 bits per heavy atom. The number of nitrogens with zero attached hydrogens (tertiary/aromatic N) is 4. The Hall–Kier alpha value is -2.00. The van der Waals surface area contributed by atoms with E-state index in [1.807, 2.05) is 25.8 Å². The van der Waals surface area contributed by atoms with Crippen LogP contribution in [-0.4, -0.2) is 46.7 Å². The van der Waals surface area contributed by atoms with E-state index in [0.717, 1.165) is 12.1 Å². The molecule has 0 bridgehead atoms. The van der Waals surface area contributed by atoms with E-state index < -0.39 is 11.9 Å². The minimum Gasteiger partial charge on any atom is -0.439 e. The molecule has 0 aliphatic carbocycles. The molecule has 0 spiro atoms. The number of hydrogen-bond acceptors (Lipinski definition) is 5. The first kappa shape index (κ1) is 21.3. The van der Waals surface area contributed by atoms with E-state index >= 15 is 0 Å². The van der Waals surface area contributed by atoms with Gasteiger partial charge in [-0.1, -0.05) is 23.4 Å². The van der Waals surface area contributed by atoms with E-state index in [2.05, 4.69) is 15.0 Å². The van der Waals surface area contributed by atoms with Crippen LogP contribution in [0.15, 0.2) is 34.5 Å². The Morgan fingerprint density at radius 3 is 2.78 bits per heavy atom. The zero-order chi connectivity index (χ0) is 20.0. The number of aryl methyl sites for hydroxylation is 1. The van der Waals surface area contributed by atoms with Gasteiger partial charge < -0.3 is 9.64 Å². The van der Waals surface area contributed by atoms with Crippen LogP contribution in [0.5, 0.6) is 11.6 Å². The summed E-state index contributed by atoms with van der Waals surface area (Å²) in [4.78, 5) is 14.0. The predicted molar refractivity (Wildman–Crippen MR) is 102 cm³/mol. The zero-order valence-corrected chi connectivity index (χ0v) is 16.5. The van der Waals surface area contributed by atoms with Gasteiger partial charge in [0.05, 0.1) is 22.8 Å². The third-order valence-corrected chi connectivity index (χ3v) is 4.55. The zero-order valence-electron chi connectivity index (χ0n) is 14.9. The first-order chi connectivity index (χ1) is 12.7. The quantitative estimate of drug-likeness (QED) is 0.257. The molecule has 0 N–H and O–H groups in total. The van der Waals surface area contributed by atoms with Gasteiger partial charge in [-0.3, -0.25) is 0 Å². The van der Waals surface area contributed by atoms with Crippen molar-refractivity contribution in [1.82, 2.24) is 14.9 Å². The molecule has 0 radical (unpaired) electrons. The van der Waals surface area contributed by atoms with Crippen LogP contribution in [0, 0.1) is 6.92 Å². The average molecular weight is 419 g/mol. The fraction of sp³-hybridized carbons (Fsp3) is 0.353. The van der Waals surface area contributed by atoms with Crippen molar-refractivity contribution in [2.75, 3.05) is 19.3 Å². The van der Waals surface area contributed by atoms with Crippen LogP contribution >= 0.6 is 23.4 Å². The number of aliphatic imine (C=N–C) groups is 1. The maximum Gasteiger partial charge on any atom is 0.398 e. The van der Waals surface area contributed by atoms with Crippen LogP contribution in [0.25, 0.3) is 0 Å². The highest BCUT2D eigenvalue weighted by Gasteiger charge is 2.28. The Labute approximate surface area is 164 Å². The lowest BCUT2D eigenvalue weighted by molar-refractivity contribution is -0.105. The first-order valence-corrected chi connectivity index (χ1v) is 9.29. The summed E-state index contributed by atoms with van der Waals surface area (Å²) in [6, 6.07) is 4.82. The molecular weight excluding hydrogens is 401 g/mol. The molecule has 27 heavy (non-hydrogen) atoms. The smallest absolute Gasteiger partial charge is 0.398 e. The SMILES string of the molecule is CCN(C)C=Nc1cc(C)c(Oc2ccnc(SCC(F)(F)F)n2)cc1Cl. The molecule has 1 heterocycles. The Kier molecular flexibility index (Phi) is 7.32. The van der Waals surface area contributed by atoms with Crippen LogP contribution in [0.1, 0.15) is 12.5 Å². The van der Waals surface area contributed by atoms with E-state index in [4.69, 9.17) is 16.3 Å². The number of rotatable bonds is 7. The van der Waals surface area contributed by atoms with Crippen LogP contribution in [-0.2, 0) is 0 Å². The van der Waals surface area contributed by atoms with Crippen molar-refractivity contribution in [3.63, 3.8) is 0 Å². The lowest BCUT2D eigenvalue weighted by Crippen LogP contribution is -2.14. The topological polar surface area (TPSA) is 50.6 Å². The van der Waals surface area contributed by atoms with Gasteiger partial charge in [0.15, 0.2) is 5.16 Å². The van der Waals surface area contributed by atoms with Gasteiger partial charge in [0.25, 0.3) is 0 Å². The van der Waals surface area contributed by atoms with Gasteiger partial charge in [0.2, 0.25) is 5.88 Å². The van der Waals surface area contributed by atoms with Gasteiger partial charge in [0, 0.05) is 31.9 Å². The monoisotopic (exact) mass is 418 g/mol. The fourth-order valence-corrected chi connectivity index (χ4v) is 2.60. The largest absolute Gasteiger partial charge is 0.439 e. The average Bonchev–Trinajstić information content (AvgIpc) is 2.61. The maximum atomic E-state index is 12.3. The van der Waals surface area contributed by atoms with Crippen LogP contribution in [0.4, 0.5) is 18.9 Å². The summed E-state index contributed by atoms with van der Waals surface area (Å²) >= 11 is 6.75. The number of halogens is 4. The van der Waals surface area contributed by atoms with Crippen molar-refractivity contribution >= 4 is 35.4 Å². The highest BCUT2D eigenvalue weighted by Crippen LogP contribution is 2.34. The van der Waals surface area contributed by atoms with Gasteiger partial charge in [-0.2, -0.15) is 18.2 Å². The van der Waals surface area contributed by atoms with Gasteiger partial charge in [-0.05, 0) is 25.5 Å². The van der Waals surface area contributed by atoms with Crippen molar-refractivity contribution in [3.05, 3.63) is 35.0 Å². The molecule has 2 aromatic rings. The standard InChI is InChI=1S/C17H18ClF3N4OS/c1-4-25(3)10-23-13-7-11(2)14(8-12(13)18)26-15-5-6-22-16(24-15)27-9-17(19,20)21/h5-8,10H,4,9H2,1-3H3. The molecule has 146 valence electrons. The van der Waals surface area contributed by atoms with Crippen molar-refractivity contribution in [3.8, 4) is 11.6 Å². The molecule has 1 aromatic heterocycles. The third kappa shape index (κ3) is 6.91. The van der Waals surface area contributed by atoms with Gasteiger partial charge in [-0.15, -0.1) is 0 Å². The summed E-state index contributed by atoms with van der Waals surface area (Å²) in [6.45, 7) is 4.62. The van der Waals surface area contributed by atoms with Crippen molar-refractivity contribution < 1.29 is 17.9 Å². The number of ether oxygens (including phenoxy) is 1. The maximum absolute atomic E-state index is 12.3. The highest BCUT2D eigenvalue weighted by atomic mass is 35.5. The predicted octanol–water partition coefficient (Wildman–Crippen LogP) is 5.50. The molecule has 10 heteroatoms. The minimum absolute atomic E-state index is 0.0163.